The first kappa shape index (κ1) is 15.1. The van der Waals surface area contributed by atoms with E-state index in [-0.39, 0.29) is 0 Å². The molecule has 0 aromatic carbocycles. The molecule has 0 saturated carbocycles. The quantitative estimate of drug-likeness (QED) is 0.308. The summed E-state index contributed by atoms with van der Waals surface area (Å²) in [5.74, 6) is -2.13. The van der Waals surface area contributed by atoms with Crippen molar-refractivity contribution in [2.45, 2.75) is 26.4 Å². The second-order valence-corrected chi connectivity index (χ2v) is 3.92. The number of hydrogen-bond donors (Lipinski definition) is 0. The molecule has 96 valence electrons. The molecule has 0 heterocycles. The highest BCUT2D eigenvalue weighted by atomic mass is 16.6. The van der Waals surface area contributed by atoms with E-state index in [1.165, 1.54) is 0 Å². The lowest BCUT2D eigenvalue weighted by Gasteiger charge is -2.17. The van der Waals surface area contributed by atoms with Crippen LogP contribution in [0.3, 0.4) is 0 Å². The molecule has 0 bridgehead atoms. The highest BCUT2D eigenvalue weighted by molar-refractivity contribution is 6.63. The van der Waals surface area contributed by atoms with Crippen LogP contribution in [0.25, 0.3) is 0 Å². The van der Waals surface area contributed by atoms with Crippen LogP contribution in [0, 0.1) is 0 Å². The summed E-state index contributed by atoms with van der Waals surface area (Å²) < 4.78 is 13.4. The van der Waals surface area contributed by atoms with Crippen molar-refractivity contribution >= 4 is 23.7 Å². The van der Waals surface area contributed by atoms with Gasteiger partial charge in [-0.3, -0.25) is 0 Å². The summed E-state index contributed by atoms with van der Waals surface area (Å²) in [5, 5.41) is 0. The SMILES string of the molecule is COC(=O)C(=NC(=O)OC(C)(C)C)C(=O)OC. The number of hydrogen-bond acceptors (Lipinski definition) is 6. The number of ether oxygens (including phenoxy) is 3. The number of methoxy groups -OCH3 is 2. The molecule has 0 atom stereocenters. The van der Waals surface area contributed by atoms with Gasteiger partial charge >= 0.3 is 18.0 Å². The third kappa shape index (κ3) is 5.64. The van der Waals surface area contributed by atoms with Crippen LogP contribution in [0.15, 0.2) is 4.99 Å². The van der Waals surface area contributed by atoms with Gasteiger partial charge in [-0.25, -0.2) is 14.4 Å². The van der Waals surface area contributed by atoms with Crippen molar-refractivity contribution in [1.29, 1.82) is 0 Å². The molecule has 0 spiro atoms. The number of carbonyl (C=O) groups is 3. The molecule has 7 nitrogen and oxygen atoms in total. The fraction of sp³-hybridized carbons (Fsp3) is 0.600. The lowest BCUT2D eigenvalue weighted by atomic mass is 10.2. The van der Waals surface area contributed by atoms with Crippen molar-refractivity contribution in [2.24, 2.45) is 4.99 Å². The van der Waals surface area contributed by atoms with Crippen LogP contribution in [-0.2, 0) is 23.8 Å². The van der Waals surface area contributed by atoms with Crippen molar-refractivity contribution in [2.75, 3.05) is 14.2 Å². The molecule has 0 aromatic heterocycles. The zero-order chi connectivity index (χ0) is 13.6. The Morgan fingerprint density at radius 3 is 1.65 bits per heavy atom. The molecular formula is C10H15NO6. The molecule has 0 unspecified atom stereocenters. The number of amides is 1. The fourth-order valence-electron chi connectivity index (χ4n) is 0.744. The van der Waals surface area contributed by atoms with Gasteiger partial charge in [0, 0.05) is 0 Å². The Kier molecular flexibility index (Phi) is 5.30. The molecule has 17 heavy (non-hydrogen) atoms. The van der Waals surface area contributed by atoms with Gasteiger partial charge in [0.1, 0.15) is 5.60 Å². The Morgan fingerprint density at radius 1 is 0.941 bits per heavy atom. The predicted molar refractivity (Wildman–Crippen MR) is 57.7 cm³/mol. The minimum absolute atomic E-state index is 0.760. The normalized spacial score (nSPS) is 10.2. The first-order valence-electron chi connectivity index (χ1n) is 4.69. The van der Waals surface area contributed by atoms with Crippen LogP contribution in [0.1, 0.15) is 20.8 Å². The molecule has 1 amide bonds. The van der Waals surface area contributed by atoms with Crippen molar-refractivity contribution in [3.63, 3.8) is 0 Å². The van der Waals surface area contributed by atoms with Gasteiger partial charge in [-0.05, 0) is 20.8 Å². The van der Waals surface area contributed by atoms with E-state index in [0.717, 1.165) is 14.2 Å². The highest BCUT2D eigenvalue weighted by Gasteiger charge is 2.25. The summed E-state index contributed by atoms with van der Waals surface area (Å²) in [4.78, 5) is 36.8. The molecular weight excluding hydrogens is 230 g/mol. The first-order chi connectivity index (χ1) is 7.71. The fourth-order valence-corrected chi connectivity index (χ4v) is 0.744. The van der Waals surface area contributed by atoms with E-state index in [1.807, 2.05) is 0 Å². The van der Waals surface area contributed by atoms with Gasteiger partial charge in [-0.15, -0.1) is 0 Å². The van der Waals surface area contributed by atoms with Gasteiger partial charge < -0.3 is 14.2 Å². The Bertz CT molecular complexity index is 334. The number of carbonyl (C=O) groups excluding carboxylic acids is 3. The number of esters is 2. The molecule has 0 aliphatic carbocycles. The standard InChI is InChI=1S/C10H15NO6/c1-10(2,3)17-9(14)11-6(7(12)15-4)8(13)16-5/h1-5H3. The van der Waals surface area contributed by atoms with E-state index < -0.39 is 29.3 Å². The van der Waals surface area contributed by atoms with E-state index in [0.29, 0.717) is 0 Å². The average Bonchev–Trinajstić information content (AvgIpc) is 2.21. The smallest absolute Gasteiger partial charge is 0.435 e. The summed E-state index contributed by atoms with van der Waals surface area (Å²) >= 11 is 0. The lowest BCUT2D eigenvalue weighted by molar-refractivity contribution is -0.138. The molecule has 0 saturated heterocycles. The van der Waals surface area contributed by atoms with Gasteiger partial charge in [0.05, 0.1) is 14.2 Å². The van der Waals surface area contributed by atoms with Crippen molar-refractivity contribution in [3.8, 4) is 0 Å². The van der Waals surface area contributed by atoms with Gasteiger partial charge in [-0.2, -0.15) is 4.99 Å². The van der Waals surface area contributed by atoms with Crippen LogP contribution in [0.5, 0.6) is 0 Å². The summed E-state index contributed by atoms with van der Waals surface area (Å²) in [6, 6.07) is 0. The molecule has 0 radical (unpaired) electrons. The Hall–Kier alpha value is -1.92. The van der Waals surface area contributed by atoms with E-state index in [2.05, 4.69) is 14.5 Å². The summed E-state index contributed by atoms with van der Waals surface area (Å²) in [7, 11) is 2.10. The Labute approximate surface area is 98.7 Å². The maximum absolute atomic E-state index is 11.3. The second-order valence-electron chi connectivity index (χ2n) is 3.92. The minimum Gasteiger partial charge on any atom is -0.464 e. The van der Waals surface area contributed by atoms with Crippen LogP contribution < -0.4 is 0 Å². The van der Waals surface area contributed by atoms with E-state index in [9.17, 15) is 14.4 Å². The maximum Gasteiger partial charge on any atom is 0.435 e. The Morgan fingerprint density at radius 2 is 1.35 bits per heavy atom. The van der Waals surface area contributed by atoms with E-state index >= 15 is 0 Å². The minimum atomic E-state index is -1.07. The molecule has 0 aliphatic rings. The summed E-state index contributed by atoms with van der Waals surface area (Å²) in [6.07, 6.45) is -1.07. The van der Waals surface area contributed by atoms with Gasteiger partial charge in [-0.1, -0.05) is 0 Å². The maximum atomic E-state index is 11.3. The third-order valence-electron chi connectivity index (χ3n) is 1.35. The Balaban J connectivity index is 4.99. The molecule has 0 fully saturated rings. The van der Waals surface area contributed by atoms with Gasteiger partial charge in [0.2, 0.25) is 5.71 Å². The molecule has 0 aromatic rings. The number of rotatable bonds is 2. The van der Waals surface area contributed by atoms with Crippen LogP contribution in [-0.4, -0.2) is 43.6 Å². The van der Waals surface area contributed by atoms with E-state index in [1.54, 1.807) is 20.8 Å². The number of nitrogens with zero attached hydrogens (tertiary/aromatic N) is 1. The van der Waals surface area contributed by atoms with Gasteiger partial charge in [0.15, 0.2) is 0 Å². The molecule has 7 heteroatoms. The highest BCUT2D eigenvalue weighted by Crippen LogP contribution is 2.08. The molecule has 0 rings (SSSR count). The van der Waals surface area contributed by atoms with Crippen molar-refractivity contribution in [1.82, 2.24) is 0 Å². The zero-order valence-electron chi connectivity index (χ0n) is 10.4. The summed E-state index contributed by atoms with van der Waals surface area (Å²) in [5.41, 5.74) is -1.54. The molecule has 0 aliphatic heterocycles. The third-order valence-corrected chi connectivity index (χ3v) is 1.35. The van der Waals surface area contributed by atoms with Crippen LogP contribution in [0.2, 0.25) is 0 Å². The van der Waals surface area contributed by atoms with Crippen molar-refractivity contribution < 1.29 is 28.6 Å². The average molecular weight is 245 g/mol. The summed E-state index contributed by atoms with van der Waals surface area (Å²) in [6.45, 7) is 4.86. The zero-order valence-corrected chi connectivity index (χ0v) is 10.4. The van der Waals surface area contributed by atoms with Crippen LogP contribution in [0.4, 0.5) is 4.79 Å². The number of aliphatic imine (C=N–C) groups is 1. The largest absolute Gasteiger partial charge is 0.464 e. The van der Waals surface area contributed by atoms with E-state index in [4.69, 9.17) is 4.74 Å². The topological polar surface area (TPSA) is 91.3 Å². The van der Waals surface area contributed by atoms with Gasteiger partial charge in [0.25, 0.3) is 0 Å². The predicted octanol–water partition coefficient (Wildman–Crippen LogP) is 0.708. The van der Waals surface area contributed by atoms with Crippen molar-refractivity contribution in [3.05, 3.63) is 0 Å². The van der Waals surface area contributed by atoms with Crippen LogP contribution >= 0.6 is 0 Å². The molecule has 0 N–H and O–H groups in total. The first-order valence-corrected chi connectivity index (χ1v) is 4.69. The second kappa shape index (κ2) is 5.97. The monoisotopic (exact) mass is 245 g/mol. The lowest BCUT2D eigenvalue weighted by Crippen LogP contribution is -2.29.